The quantitative estimate of drug-likeness (QED) is 0.898. The third-order valence-electron chi connectivity index (χ3n) is 3.86. The lowest BCUT2D eigenvalue weighted by Crippen LogP contribution is -2.14. The number of rotatable bonds is 4. The van der Waals surface area contributed by atoms with Crippen LogP contribution in [0.15, 0.2) is 53.4 Å². The molecule has 1 nitrogen and oxygen atoms in total. The number of thioether (sulfide) groups is 1. The number of hydrogen-bond acceptors (Lipinski definition) is 2. The zero-order valence-corrected chi connectivity index (χ0v) is 12.6. The smallest absolute Gasteiger partial charge is 0.0915 e. The van der Waals surface area contributed by atoms with Crippen LogP contribution >= 0.6 is 11.8 Å². The summed E-state index contributed by atoms with van der Waals surface area (Å²) >= 11 is 1.81. The lowest BCUT2D eigenvalue weighted by atomic mass is 9.98. The van der Waals surface area contributed by atoms with Gasteiger partial charge in [0.15, 0.2) is 0 Å². The molecule has 2 heteroatoms. The van der Waals surface area contributed by atoms with Crippen molar-refractivity contribution in [2.24, 2.45) is 0 Å². The van der Waals surface area contributed by atoms with Crippen molar-refractivity contribution in [1.29, 1.82) is 0 Å². The van der Waals surface area contributed by atoms with Gasteiger partial charge in [0.05, 0.1) is 6.10 Å². The largest absolute Gasteiger partial charge is 0.387 e. The van der Waals surface area contributed by atoms with Crippen LogP contribution in [0.3, 0.4) is 0 Å². The van der Waals surface area contributed by atoms with E-state index in [2.05, 4.69) is 49.4 Å². The Kier molecular flexibility index (Phi) is 4.13. The standard InChI is InChI=1S/C18H20OS/c1-2-6-13-7-5-9-15(11-13)18(19)17-12-14-8-3-4-10-16(14)20-17/h3-5,7-11,17-19H,2,6,12H2,1H3. The molecule has 1 heterocycles. The Bertz CT molecular complexity index is 568. The van der Waals surface area contributed by atoms with Gasteiger partial charge in [-0.2, -0.15) is 0 Å². The van der Waals surface area contributed by atoms with Crippen LogP contribution in [0.1, 0.15) is 36.1 Å². The Morgan fingerprint density at radius 1 is 1.20 bits per heavy atom. The topological polar surface area (TPSA) is 20.2 Å². The van der Waals surface area contributed by atoms with Crippen molar-refractivity contribution >= 4 is 11.8 Å². The third-order valence-corrected chi connectivity index (χ3v) is 5.23. The Morgan fingerprint density at radius 2 is 2.05 bits per heavy atom. The van der Waals surface area contributed by atoms with Crippen LogP contribution in [0, 0.1) is 0 Å². The molecule has 2 aromatic rings. The minimum absolute atomic E-state index is 0.240. The number of hydrogen-bond donors (Lipinski definition) is 1. The van der Waals surface area contributed by atoms with Crippen molar-refractivity contribution in [3.63, 3.8) is 0 Å². The van der Waals surface area contributed by atoms with Crippen molar-refractivity contribution in [3.8, 4) is 0 Å². The first-order valence-corrected chi connectivity index (χ1v) is 8.17. The van der Waals surface area contributed by atoms with Gasteiger partial charge in [0, 0.05) is 10.1 Å². The van der Waals surface area contributed by atoms with Gasteiger partial charge in [-0.25, -0.2) is 0 Å². The first kappa shape index (κ1) is 13.7. The highest BCUT2D eigenvalue weighted by Gasteiger charge is 2.29. The molecule has 2 aromatic carbocycles. The van der Waals surface area contributed by atoms with Gasteiger partial charge in [-0.15, -0.1) is 11.8 Å². The molecule has 0 fully saturated rings. The van der Waals surface area contributed by atoms with E-state index in [-0.39, 0.29) is 11.4 Å². The van der Waals surface area contributed by atoms with E-state index in [0.717, 1.165) is 24.8 Å². The Morgan fingerprint density at radius 3 is 2.85 bits per heavy atom. The lowest BCUT2D eigenvalue weighted by Gasteiger charge is -2.18. The van der Waals surface area contributed by atoms with Gasteiger partial charge in [-0.1, -0.05) is 55.8 Å². The second-order valence-electron chi connectivity index (χ2n) is 5.41. The molecule has 104 valence electrons. The molecule has 1 aliphatic rings. The zero-order chi connectivity index (χ0) is 13.9. The molecular weight excluding hydrogens is 264 g/mol. The van der Waals surface area contributed by atoms with Crippen molar-refractivity contribution in [2.75, 3.05) is 0 Å². The number of aryl methyl sites for hydroxylation is 1. The van der Waals surface area contributed by atoms with Gasteiger partial charge in [0.2, 0.25) is 0 Å². The van der Waals surface area contributed by atoms with E-state index in [1.807, 2.05) is 17.8 Å². The summed E-state index contributed by atoms with van der Waals surface area (Å²) in [5.74, 6) is 0. The molecule has 0 radical (unpaired) electrons. The van der Waals surface area contributed by atoms with Crippen molar-refractivity contribution < 1.29 is 5.11 Å². The van der Waals surface area contributed by atoms with Crippen LogP contribution in [0.4, 0.5) is 0 Å². The summed E-state index contributed by atoms with van der Waals surface area (Å²) in [6, 6.07) is 16.9. The van der Waals surface area contributed by atoms with Crippen molar-refractivity contribution in [3.05, 3.63) is 65.2 Å². The van der Waals surface area contributed by atoms with Gasteiger partial charge in [-0.05, 0) is 35.6 Å². The van der Waals surface area contributed by atoms with E-state index in [0.29, 0.717) is 0 Å². The minimum Gasteiger partial charge on any atom is -0.387 e. The second-order valence-corrected chi connectivity index (χ2v) is 6.69. The Balaban J connectivity index is 1.77. The number of aliphatic hydroxyl groups excluding tert-OH is 1. The second kappa shape index (κ2) is 6.02. The van der Waals surface area contributed by atoms with Gasteiger partial charge in [0.25, 0.3) is 0 Å². The molecule has 0 saturated carbocycles. The van der Waals surface area contributed by atoms with Crippen LogP contribution in [-0.4, -0.2) is 10.4 Å². The van der Waals surface area contributed by atoms with Crippen molar-refractivity contribution in [2.45, 2.75) is 42.4 Å². The Hall–Kier alpha value is -1.25. The Labute approximate surface area is 125 Å². The fourth-order valence-electron chi connectivity index (χ4n) is 2.82. The van der Waals surface area contributed by atoms with E-state index in [1.54, 1.807) is 0 Å². The van der Waals surface area contributed by atoms with E-state index < -0.39 is 0 Å². The minimum atomic E-state index is -0.385. The molecule has 20 heavy (non-hydrogen) atoms. The van der Waals surface area contributed by atoms with E-state index in [4.69, 9.17) is 0 Å². The normalized spacial score (nSPS) is 18.8. The van der Waals surface area contributed by atoms with Crippen LogP contribution in [0.2, 0.25) is 0 Å². The highest BCUT2D eigenvalue weighted by molar-refractivity contribution is 8.00. The van der Waals surface area contributed by atoms with Gasteiger partial charge >= 0.3 is 0 Å². The number of aliphatic hydroxyl groups is 1. The molecular formula is C18H20OS. The maximum atomic E-state index is 10.7. The lowest BCUT2D eigenvalue weighted by molar-refractivity contribution is 0.175. The summed E-state index contributed by atoms with van der Waals surface area (Å²) in [4.78, 5) is 1.32. The monoisotopic (exact) mass is 284 g/mol. The molecule has 0 amide bonds. The summed E-state index contributed by atoms with van der Waals surface area (Å²) in [6.07, 6.45) is 2.80. The summed E-state index contributed by atoms with van der Waals surface area (Å²) in [5.41, 5.74) is 3.75. The van der Waals surface area contributed by atoms with Crippen LogP contribution in [-0.2, 0) is 12.8 Å². The summed E-state index contributed by atoms with van der Waals surface area (Å²) in [5, 5.41) is 10.9. The van der Waals surface area contributed by atoms with E-state index in [9.17, 15) is 5.11 Å². The van der Waals surface area contributed by atoms with E-state index in [1.165, 1.54) is 16.0 Å². The third kappa shape index (κ3) is 2.77. The fraction of sp³-hybridized carbons (Fsp3) is 0.333. The SMILES string of the molecule is CCCc1cccc(C(O)C2Cc3ccccc3S2)c1. The van der Waals surface area contributed by atoms with Crippen molar-refractivity contribution in [1.82, 2.24) is 0 Å². The van der Waals surface area contributed by atoms with Crippen LogP contribution < -0.4 is 0 Å². The molecule has 2 unspecified atom stereocenters. The van der Waals surface area contributed by atoms with Crippen LogP contribution in [0.25, 0.3) is 0 Å². The molecule has 0 aliphatic carbocycles. The summed E-state index contributed by atoms with van der Waals surface area (Å²) in [7, 11) is 0. The highest BCUT2D eigenvalue weighted by Crippen LogP contribution is 2.42. The summed E-state index contributed by atoms with van der Waals surface area (Å²) < 4.78 is 0. The molecule has 3 rings (SSSR count). The maximum absolute atomic E-state index is 10.7. The zero-order valence-electron chi connectivity index (χ0n) is 11.8. The molecule has 1 aliphatic heterocycles. The number of benzene rings is 2. The number of fused-ring (bicyclic) bond motifs is 1. The average Bonchev–Trinajstić information content (AvgIpc) is 2.91. The molecule has 0 saturated heterocycles. The van der Waals surface area contributed by atoms with Gasteiger partial charge in [-0.3, -0.25) is 0 Å². The van der Waals surface area contributed by atoms with Gasteiger partial charge < -0.3 is 5.11 Å². The maximum Gasteiger partial charge on any atom is 0.0915 e. The van der Waals surface area contributed by atoms with E-state index >= 15 is 0 Å². The molecule has 2 atom stereocenters. The first-order valence-electron chi connectivity index (χ1n) is 7.29. The molecule has 0 aromatic heterocycles. The molecule has 0 bridgehead atoms. The summed E-state index contributed by atoms with van der Waals surface area (Å²) in [6.45, 7) is 2.19. The fourth-order valence-corrected chi connectivity index (χ4v) is 4.16. The predicted octanol–water partition coefficient (Wildman–Crippen LogP) is 4.39. The van der Waals surface area contributed by atoms with Gasteiger partial charge in [0.1, 0.15) is 0 Å². The molecule has 0 spiro atoms. The predicted molar refractivity (Wildman–Crippen MR) is 85.2 cm³/mol. The highest BCUT2D eigenvalue weighted by atomic mass is 32.2. The molecule has 1 N–H and O–H groups in total. The van der Waals surface area contributed by atoms with Crippen LogP contribution in [0.5, 0.6) is 0 Å². The first-order chi connectivity index (χ1) is 9.78. The average molecular weight is 284 g/mol.